The van der Waals surface area contributed by atoms with Gasteiger partial charge in [-0.15, -0.1) is 0 Å². The van der Waals surface area contributed by atoms with E-state index in [9.17, 15) is 14.7 Å². The van der Waals surface area contributed by atoms with Crippen molar-refractivity contribution in [3.8, 4) is 5.69 Å². The molecular formula is C25H24Cl2N4O3. The molecule has 0 bridgehead atoms. The molecule has 0 unspecified atom stereocenters. The molecule has 4 rings (SSSR count). The van der Waals surface area contributed by atoms with Crippen LogP contribution in [0.1, 0.15) is 22.9 Å². The second-order valence-electron chi connectivity index (χ2n) is 8.36. The number of aliphatic hydroxyl groups is 1. The number of carbonyl (C=O) groups excluding carboxylic acids is 2. The molecule has 0 saturated carbocycles. The zero-order chi connectivity index (χ0) is 24.6. The van der Waals surface area contributed by atoms with Gasteiger partial charge in [-0.05, 0) is 50.8 Å². The number of carbonyl (C=O) groups is 2. The van der Waals surface area contributed by atoms with Gasteiger partial charge in [0.25, 0.3) is 11.7 Å². The molecule has 9 heteroatoms. The average Bonchev–Trinajstić information content (AvgIpc) is 3.32. The molecule has 1 aliphatic rings. The smallest absolute Gasteiger partial charge is 0.295 e. The molecule has 1 N–H and O–H groups in total. The first kappa shape index (κ1) is 24.0. The Bertz CT molecular complexity index is 1280. The number of benzene rings is 2. The van der Waals surface area contributed by atoms with E-state index < -0.39 is 17.7 Å². The highest BCUT2D eigenvalue weighted by molar-refractivity contribution is 6.47. The fourth-order valence-corrected chi connectivity index (χ4v) is 4.37. The van der Waals surface area contributed by atoms with Gasteiger partial charge in [0, 0.05) is 13.1 Å². The number of ketones is 1. The van der Waals surface area contributed by atoms with E-state index in [1.807, 2.05) is 49.3 Å². The highest BCUT2D eigenvalue weighted by Gasteiger charge is 2.46. The molecule has 0 spiro atoms. The van der Waals surface area contributed by atoms with Crippen LogP contribution in [0.25, 0.3) is 11.4 Å². The van der Waals surface area contributed by atoms with E-state index in [1.165, 1.54) is 11.1 Å². The van der Waals surface area contributed by atoms with Crippen LogP contribution < -0.4 is 0 Å². The second kappa shape index (κ2) is 9.62. The number of Topliss-reactive ketones (excluding diaryl/α,β-unsaturated/α-hetero) is 1. The number of aromatic nitrogens is 2. The van der Waals surface area contributed by atoms with Crippen LogP contribution in [-0.4, -0.2) is 63.6 Å². The van der Waals surface area contributed by atoms with Crippen molar-refractivity contribution in [3.05, 3.63) is 87.2 Å². The Hall–Kier alpha value is -3.13. The van der Waals surface area contributed by atoms with Crippen LogP contribution in [0.3, 0.4) is 0 Å². The summed E-state index contributed by atoms with van der Waals surface area (Å²) in [6.07, 6.45) is 1.50. The van der Waals surface area contributed by atoms with Crippen LogP contribution in [0, 0.1) is 6.92 Å². The summed E-state index contributed by atoms with van der Waals surface area (Å²) < 4.78 is 1.67. The fourth-order valence-electron chi connectivity index (χ4n) is 4.06. The number of likely N-dealkylation sites (tertiary alicyclic amines) is 1. The Balaban J connectivity index is 1.86. The molecule has 1 aromatic heterocycles. The molecule has 1 aliphatic heterocycles. The Labute approximate surface area is 207 Å². The molecular weight excluding hydrogens is 475 g/mol. The minimum atomic E-state index is -0.811. The first-order valence-corrected chi connectivity index (χ1v) is 11.4. The topological polar surface area (TPSA) is 78.7 Å². The van der Waals surface area contributed by atoms with Crippen LogP contribution in [0.15, 0.2) is 60.3 Å². The van der Waals surface area contributed by atoms with Crippen LogP contribution in [-0.2, 0) is 9.59 Å². The number of amides is 1. The summed E-state index contributed by atoms with van der Waals surface area (Å²) in [7, 11) is 3.76. The van der Waals surface area contributed by atoms with E-state index in [0.29, 0.717) is 40.0 Å². The lowest BCUT2D eigenvalue weighted by Crippen LogP contribution is -2.35. The van der Waals surface area contributed by atoms with Gasteiger partial charge in [0.1, 0.15) is 5.76 Å². The van der Waals surface area contributed by atoms with Gasteiger partial charge in [-0.3, -0.25) is 9.59 Å². The number of likely N-dealkylation sites (N-methyl/N-ethyl adjacent to an activating group) is 1. The molecule has 1 saturated heterocycles. The van der Waals surface area contributed by atoms with E-state index >= 15 is 0 Å². The Morgan fingerprint density at radius 1 is 1.09 bits per heavy atom. The molecule has 176 valence electrons. The van der Waals surface area contributed by atoms with Gasteiger partial charge in [-0.2, -0.15) is 5.10 Å². The minimum absolute atomic E-state index is 0.00198. The van der Waals surface area contributed by atoms with Gasteiger partial charge in [0.05, 0.1) is 44.8 Å². The minimum Gasteiger partial charge on any atom is -0.507 e. The zero-order valence-corrected chi connectivity index (χ0v) is 20.5. The Morgan fingerprint density at radius 3 is 2.44 bits per heavy atom. The molecule has 34 heavy (non-hydrogen) atoms. The summed E-state index contributed by atoms with van der Waals surface area (Å²) in [5.74, 6) is -1.70. The van der Waals surface area contributed by atoms with E-state index in [0.717, 1.165) is 5.69 Å². The van der Waals surface area contributed by atoms with Crippen molar-refractivity contribution in [2.45, 2.75) is 13.0 Å². The summed E-state index contributed by atoms with van der Waals surface area (Å²) in [4.78, 5) is 29.6. The van der Waals surface area contributed by atoms with Crippen LogP contribution in [0.2, 0.25) is 10.0 Å². The summed E-state index contributed by atoms with van der Waals surface area (Å²) in [5, 5.41) is 16.4. The molecule has 1 amide bonds. The van der Waals surface area contributed by atoms with E-state index in [4.69, 9.17) is 23.2 Å². The largest absolute Gasteiger partial charge is 0.507 e. The van der Waals surface area contributed by atoms with Crippen molar-refractivity contribution in [3.63, 3.8) is 0 Å². The summed E-state index contributed by atoms with van der Waals surface area (Å²) in [5.41, 5.74) is 2.40. The number of hydrogen-bond acceptors (Lipinski definition) is 5. The first-order chi connectivity index (χ1) is 16.2. The predicted octanol–water partition coefficient (Wildman–Crippen LogP) is 4.47. The van der Waals surface area contributed by atoms with Crippen molar-refractivity contribution in [2.24, 2.45) is 0 Å². The number of para-hydroxylation sites is 1. The van der Waals surface area contributed by atoms with Crippen LogP contribution in [0.4, 0.5) is 0 Å². The van der Waals surface area contributed by atoms with E-state index in [2.05, 4.69) is 5.10 Å². The third-order valence-corrected chi connectivity index (χ3v) is 6.59. The third kappa shape index (κ3) is 4.34. The second-order valence-corrected chi connectivity index (χ2v) is 9.17. The SMILES string of the molecule is Cc1c(C(O)=C2C(=O)C(=O)N(CCN(C)C)[C@H]2c2ccc(Cl)c(Cl)c2)cnn1-c1ccccc1. The third-order valence-electron chi connectivity index (χ3n) is 5.85. The summed E-state index contributed by atoms with van der Waals surface area (Å²) in [6, 6.07) is 13.6. The molecule has 0 radical (unpaired) electrons. The average molecular weight is 499 g/mol. The molecule has 1 atom stereocenters. The maximum atomic E-state index is 13.2. The maximum absolute atomic E-state index is 13.2. The molecule has 0 aliphatic carbocycles. The molecule has 2 aromatic carbocycles. The lowest BCUT2D eigenvalue weighted by molar-refractivity contribution is -0.140. The number of aliphatic hydroxyl groups excluding tert-OH is 1. The Morgan fingerprint density at radius 2 is 1.79 bits per heavy atom. The first-order valence-electron chi connectivity index (χ1n) is 10.7. The maximum Gasteiger partial charge on any atom is 0.295 e. The quantitative estimate of drug-likeness (QED) is 0.308. The zero-order valence-electron chi connectivity index (χ0n) is 19.0. The van der Waals surface area contributed by atoms with Crippen molar-refractivity contribution in [1.82, 2.24) is 19.6 Å². The van der Waals surface area contributed by atoms with Crippen molar-refractivity contribution >= 4 is 40.7 Å². The van der Waals surface area contributed by atoms with Gasteiger partial charge in [-0.25, -0.2) is 4.68 Å². The van der Waals surface area contributed by atoms with Gasteiger partial charge >= 0.3 is 0 Å². The fraction of sp³-hybridized carbons (Fsp3) is 0.240. The summed E-state index contributed by atoms with van der Waals surface area (Å²) in [6.45, 7) is 2.63. The normalized spacial score (nSPS) is 17.7. The highest BCUT2D eigenvalue weighted by Crippen LogP contribution is 2.41. The van der Waals surface area contributed by atoms with Gasteiger partial charge in [0.2, 0.25) is 0 Å². The summed E-state index contributed by atoms with van der Waals surface area (Å²) >= 11 is 12.4. The van der Waals surface area contributed by atoms with Crippen LogP contribution >= 0.6 is 23.2 Å². The van der Waals surface area contributed by atoms with Crippen molar-refractivity contribution < 1.29 is 14.7 Å². The van der Waals surface area contributed by atoms with Gasteiger partial charge < -0.3 is 14.9 Å². The molecule has 3 aromatic rings. The predicted molar refractivity (Wildman–Crippen MR) is 132 cm³/mol. The van der Waals surface area contributed by atoms with Crippen molar-refractivity contribution in [1.29, 1.82) is 0 Å². The molecule has 1 fully saturated rings. The lowest BCUT2D eigenvalue weighted by Gasteiger charge is -2.26. The van der Waals surface area contributed by atoms with Crippen LogP contribution in [0.5, 0.6) is 0 Å². The van der Waals surface area contributed by atoms with E-state index in [1.54, 1.807) is 29.8 Å². The van der Waals surface area contributed by atoms with Gasteiger partial charge in [0.15, 0.2) is 0 Å². The Kier molecular flexibility index (Phi) is 6.79. The van der Waals surface area contributed by atoms with E-state index in [-0.39, 0.29) is 11.3 Å². The standard InChI is InChI=1S/C25H24Cl2N4O3/c1-15-18(14-28-31(15)17-7-5-4-6-8-17)23(32)21-22(16-9-10-19(26)20(27)13-16)30(12-11-29(2)3)25(34)24(21)33/h4-10,13-14,22,32H,11-12H2,1-3H3/t22-/m0/s1. The molecule has 7 nitrogen and oxygen atoms in total. The number of nitrogens with zero attached hydrogens (tertiary/aromatic N) is 4. The van der Waals surface area contributed by atoms with Crippen molar-refractivity contribution in [2.75, 3.05) is 27.2 Å². The number of rotatable bonds is 6. The number of halogens is 2. The number of hydrogen-bond donors (Lipinski definition) is 1. The highest BCUT2D eigenvalue weighted by atomic mass is 35.5. The monoisotopic (exact) mass is 498 g/mol. The molecule has 2 heterocycles. The van der Waals surface area contributed by atoms with Gasteiger partial charge in [-0.1, -0.05) is 47.5 Å². The lowest BCUT2D eigenvalue weighted by atomic mass is 9.95.